The number of carbonyl (C=O) groups is 2. The van der Waals surface area contributed by atoms with E-state index in [4.69, 9.17) is 0 Å². The summed E-state index contributed by atoms with van der Waals surface area (Å²) in [7, 11) is -2.14. The van der Waals surface area contributed by atoms with Crippen LogP contribution in [0.2, 0.25) is 0 Å². The fourth-order valence-corrected chi connectivity index (χ4v) is 5.01. The predicted octanol–water partition coefficient (Wildman–Crippen LogP) is 1.21. The zero-order valence-electron chi connectivity index (χ0n) is 16.3. The summed E-state index contributed by atoms with van der Waals surface area (Å²) in [6.07, 6.45) is 8.09. The highest BCUT2D eigenvalue weighted by molar-refractivity contribution is 7.93. The summed E-state index contributed by atoms with van der Waals surface area (Å²) in [6, 6.07) is 5.05. The molecule has 0 bridgehead atoms. The molecular weight excluding hydrogens is 392 g/mol. The summed E-state index contributed by atoms with van der Waals surface area (Å²) in [4.78, 5) is 31.2. The van der Waals surface area contributed by atoms with Crippen molar-refractivity contribution in [1.82, 2.24) is 14.6 Å². The molecule has 1 aromatic heterocycles. The molecule has 4 rings (SSSR count). The van der Waals surface area contributed by atoms with Crippen LogP contribution in [0.25, 0.3) is 0 Å². The second-order valence-electron chi connectivity index (χ2n) is 7.87. The van der Waals surface area contributed by atoms with Crippen molar-refractivity contribution in [3.8, 4) is 0 Å². The molecular formula is C20H23N4O4S+. The lowest BCUT2D eigenvalue weighted by atomic mass is 9.94. The zero-order chi connectivity index (χ0) is 20.8. The normalized spacial score (nSPS) is 23.2. The molecule has 1 unspecified atom stereocenters. The minimum atomic E-state index is -3.73. The molecule has 1 fully saturated rings. The van der Waals surface area contributed by atoms with Gasteiger partial charge in [0.1, 0.15) is 18.2 Å². The van der Waals surface area contributed by atoms with Gasteiger partial charge in [0, 0.05) is 23.9 Å². The number of hydrogen-bond acceptors (Lipinski definition) is 5. The summed E-state index contributed by atoms with van der Waals surface area (Å²) < 4.78 is 29.5. The minimum Gasteiger partial charge on any atom is -0.261 e. The molecule has 3 amide bonds. The lowest BCUT2D eigenvalue weighted by Crippen LogP contribution is -2.54. The van der Waals surface area contributed by atoms with Crippen molar-refractivity contribution in [1.29, 1.82) is 0 Å². The average molecular weight is 415 g/mol. The highest BCUT2D eigenvalue weighted by Gasteiger charge is 2.47. The van der Waals surface area contributed by atoms with Crippen molar-refractivity contribution in [2.75, 3.05) is 13.6 Å². The fraction of sp³-hybridized carbons (Fsp3) is 0.400. The number of hydrogen-bond donors (Lipinski definition) is 1. The van der Waals surface area contributed by atoms with Gasteiger partial charge in [0.05, 0.1) is 12.0 Å². The Hall–Kier alpha value is -2.65. The molecule has 1 aromatic rings. The highest BCUT2D eigenvalue weighted by atomic mass is 32.2. The first-order chi connectivity index (χ1) is 13.7. The quantitative estimate of drug-likeness (QED) is 0.704. The topological polar surface area (TPSA) is 99.4 Å². The molecule has 2 heterocycles. The van der Waals surface area contributed by atoms with Crippen LogP contribution in [0.5, 0.6) is 0 Å². The number of nitrogens with zero attached hydrogens (tertiary/aromatic N) is 3. The van der Waals surface area contributed by atoms with Crippen LogP contribution >= 0.6 is 0 Å². The van der Waals surface area contributed by atoms with Crippen LogP contribution in [-0.4, -0.2) is 59.7 Å². The van der Waals surface area contributed by atoms with Crippen molar-refractivity contribution in [2.24, 2.45) is 5.92 Å². The van der Waals surface area contributed by atoms with Crippen LogP contribution in [0.4, 0.5) is 4.79 Å². The number of nitrogens with one attached hydrogen (secondary N) is 1. The Morgan fingerprint density at radius 1 is 1.28 bits per heavy atom. The number of amides is 3. The van der Waals surface area contributed by atoms with Gasteiger partial charge in [0.15, 0.2) is 0 Å². The SMILES string of the molecule is C[N+]1=C2C=CC(S(=O)(=O)NC3(C)CC3)=CC2C(=O)N(CCc2ccccn2)C1=O. The van der Waals surface area contributed by atoms with Crippen LogP contribution < -0.4 is 4.72 Å². The Balaban J connectivity index is 1.59. The smallest absolute Gasteiger partial charge is 0.261 e. The number of aromatic nitrogens is 1. The Labute approximate surface area is 169 Å². The molecule has 3 aliphatic rings. The summed E-state index contributed by atoms with van der Waals surface area (Å²) in [6.45, 7) is 2.03. The highest BCUT2D eigenvalue weighted by Crippen LogP contribution is 2.36. The number of fused-ring (bicyclic) bond motifs is 1. The third-order valence-corrected chi connectivity index (χ3v) is 7.17. The lowest BCUT2D eigenvalue weighted by molar-refractivity contribution is -0.406. The number of pyridine rings is 1. The van der Waals surface area contributed by atoms with Gasteiger partial charge in [-0.25, -0.2) is 17.9 Å². The third kappa shape index (κ3) is 3.79. The number of sulfonamides is 1. The first-order valence-corrected chi connectivity index (χ1v) is 11.0. The first kappa shape index (κ1) is 19.7. The second kappa shape index (κ2) is 7.00. The average Bonchev–Trinajstić information content (AvgIpc) is 3.42. The molecule has 1 saturated carbocycles. The van der Waals surface area contributed by atoms with E-state index in [2.05, 4.69) is 9.71 Å². The molecule has 152 valence electrons. The van der Waals surface area contributed by atoms with E-state index >= 15 is 0 Å². The largest absolute Gasteiger partial charge is 0.500 e. The standard InChI is InChI=1S/C20H23N4O4S/c1-20(9-10-20)22-29(27,28)15-6-7-17-16(13-15)18(25)24(19(26)23(17)2)12-8-14-5-3-4-11-21-14/h3-7,11,13,16,22H,8-10,12H2,1-2H3/q+1. The molecule has 1 N–H and O–H groups in total. The summed E-state index contributed by atoms with van der Waals surface area (Å²) in [5.41, 5.74) is 0.843. The summed E-state index contributed by atoms with van der Waals surface area (Å²) in [5, 5.41) is 0. The second-order valence-corrected chi connectivity index (χ2v) is 9.56. The maximum Gasteiger partial charge on any atom is 0.500 e. The van der Waals surface area contributed by atoms with Crippen LogP contribution in [-0.2, 0) is 21.2 Å². The lowest BCUT2D eigenvalue weighted by Gasteiger charge is -2.26. The summed E-state index contributed by atoms with van der Waals surface area (Å²) in [5.74, 6) is -1.24. The molecule has 8 nitrogen and oxygen atoms in total. The number of carbonyl (C=O) groups excluding carboxylic acids is 2. The molecule has 0 radical (unpaired) electrons. The van der Waals surface area contributed by atoms with Gasteiger partial charge in [-0.05, 0) is 50.1 Å². The number of allylic oxidation sites excluding steroid dienone is 2. The van der Waals surface area contributed by atoms with E-state index in [1.54, 1.807) is 25.4 Å². The van der Waals surface area contributed by atoms with Gasteiger partial charge >= 0.3 is 11.9 Å². The van der Waals surface area contributed by atoms with Crippen molar-refractivity contribution < 1.29 is 22.6 Å². The van der Waals surface area contributed by atoms with Crippen molar-refractivity contribution in [3.05, 3.63) is 53.2 Å². The van der Waals surface area contributed by atoms with Crippen molar-refractivity contribution in [3.63, 3.8) is 0 Å². The third-order valence-electron chi connectivity index (χ3n) is 5.51. The molecule has 0 spiro atoms. The maximum absolute atomic E-state index is 13.1. The van der Waals surface area contributed by atoms with Gasteiger partial charge in [-0.15, -0.1) is 0 Å². The number of urea groups is 1. The molecule has 0 saturated heterocycles. The Morgan fingerprint density at radius 3 is 2.69 bits per heavy atom. The van der Waals surface area contributed by atoms with Gasteiger partial charge in [-0.3, -0.25) is 4.98 Å². The van der Waals surface area contributed by atoms with Gasteiger partial charge in [-0.2, -0.15) is 14.3 Å². The van der Waals surface area contributed by atoms with E-state index in [1.165, 1.54) is 21.6 Å². The van der Waals surface area contributed by atoms with Crippen molar-refractivity contribution >= 4 is 27.7 Å². The van der Waals surface area contributed by atoms with Gasteiger partial charge in [0.2, 0.25) is 10.0 Å². The van der Waals surface area contributed by atoms with E-state index in [0.717, 1.165) is 18.5 Å². The van der Waals surface area contributed by atoms with E-state index in [1.807, 2.05) is 19.1 Å². The Morgan fingerprint density at radius 2 is 2.03 bits per heavy atom. The molecule has 0 aromatic carbocycles. The first-order valence-electron chi connectivity index (χ1n) is 9.50. The molecule has 1 atom stereocenters. The monoisotopic (exact) mass is 415 g/mol. The van der Waals surface area contributed by atoms with Crippen LogP contribution in [0.1, 0.15) is 25.5 Å². The van der Waals surface area contributed by atoms with E-state index in [0.29, 0.717) is 12.1 Å². The Kier molecular flexibility index (Phi) is 4.74. The maximum atomic E-state index is 13.1. The van der Waals surface area contributed by atoms with Crippen LogP contribution in [0, 0.1) is 5.92 Å². The van der Waals surface area contributed by atoms with Crippen LogP contribution in [0.3, 0.4) is 0 Å². The molecule has 1 aliphatic heterocycles. The Bertz CT molecular complexity index is 1070. The van der Waals surface area contributed by atoms with E-state index < -0.39 is 33.4 Å². The predicted molar refractivity (Wildman–Crippen MR) is 107 cm³/mol. The van der Waals surface area contributed by atoms with Gasteiger partial charge < -0.3 is 0 Å². The fourth-order valence-electron chi connectivity index (χ4n) is 3.48. The molecule has 29 heavy (non-hydrogen) atoms. The molecule has 9 heteroatoms. The van der Waals surface area contributed by atoms with Crippen LogP contribution in [0.15, 0.2) is 47.5 Å². The van der Waals surface area contributed by atoms with Gasteiger partial charge in [0.25, 0.3) is 0 Å². The van der Waals surface area contributed by atoms with E-state index in [-0.39, 0.29) is 11.4 Å². The van der Waals surface area contributed by atoms with E-state index in [9.17, 15) is 18.0 Å². The summed E-state index contributed by atoms with van der Waals surface area (Å²) >= 11 is 0. The molecule has 2 aliphatic carbocycles. The number of imide groups is 1. The van der Waals surface area contributed by atoms with Gasteiger partial charge in [-0.1, -0.05) is 6.07 Å². The number of rotatable bonds is 6. The minimum absolute atomic E-state index is 0.0557. The van der Waals surface area contributed by atoms with Crippen molar-refractivity contribution in [2.45, 2.75) is 31.7 Å². The zero-order valence-corrected chi connectivity index (χ0v) is 17.1.